The molecule has 2 rings (SSSR count). The summed E-state index contributed by atoms with van der Waals surface area (Å²) in [5, 5.41) is 4.57. The second-order valence-electron chi connectivity index (χ2n) is 3.17. The molecule has 2 unspecified atom stereocenters. The SMILES string of the molecule is CC1CNC(c2cncc(Br)c2)S1. The number of aromatic nitrogens is 1. The predicted molar refractivity (Wildman–Crippen MR) is 59.7 cm³/mol. The van der Waals surface area contributed by atoms with Gasteiger partial charge in [0.1, 0.15) is 0 Å². The Hall–Kier alpha value is -0.0600. The minimum Gasteiger partial charge on any atom is -0.300 e. The van der Waals surface area contributed by atoms with Crippen LogP contribution in [-0.4, -0.2) is 16.8 Å². The third-order valence-corrected chi connectivity index (χ3v) is 3.76. The van der Waals surface area contributed by atoms with Crippen LogP contribution in [0.5, 0.6) is 0 Å². The zero-order valence-corrected chi connectivity index (χ0v) is 9.73. The molecule has 70 valence electrons. The number of hydrogen-bond acceptors (Lipinski definition) is 3. The maximum Gasteiger partial charge on any atom is 0.0808 e. The van der Waals surface area contributed by atoms with Gasteiger partial charge in [-0.15, -0.1) is 11.8 Å². The van der Waals surface area contributed by atoms with E-state index in [1.807, 2.05) is 24.2 Å². The van der Waals surface area contributed by atoms with Crippen molar-refractivity contribution < 1.29 is 0 Å². The van der Waals surface area contributed by atoms with Gasteiger partial charge in [0.25, 0.3) is 0 Å². The number of hydrogen-bond donors (Lipinski definition) is 1. The van der Waals surface area contributed by atoms with Gasteiger partial charge in [0, 0.05) is 28.7 Å². The Morgan fingerprint density at radius 2 is 2.46 bits per heavy atom. The Morgan fingerprint density at radius 1 is 1.62 bits per heavy atom. The Balaban J connectivity index is 2.16. The van der Waals surface area contributed by atoms with Gasteiger partial charge < -0.3 is 5.32 Å². The van der Waals surface area contributed by atoms with Gasteiger partial charge in [0.05, 0.1) is 5.37 Å². The number of thioether (sulfide) groups is 1. The van der Waals surface area contributed by atoms with Crippen molar-refractivity contribution in [3.63, 3.8) is 0 Å². The second kappa shape index (κ2) is 3.98. The van der Waals surface area contributed by atoms with Gasteiger partial charge in [0.2, 0.25) is 0 Å². The van der Waals surface area contributed by atoms with Crippen molar-refractivity contribution in [3.05, 3.63) is 28.5 Å². The van der Waals surface area contributed by atoms with Crippen molar-refractivity contribution in [1.82, 2.24) is 10.3 Å². The molecule has 2 heterocycles. The van der Waals surface area contributed by atoms with Gasteiger partial charge >= 0.3 is 0 Å². The molecule has 1 aliphatic rings. The fourth-order valence-electron chi connectivity index (χ4n) is 1.37. The molecular weight excluding hydrogens is 248 g/mol. The van der Waals surface area contributed by atoms with E-state index in [-0.39, 0.29) is 0 Å². The van der Waals surface area contributed by atoms with E-state index in [4.69, 9.17) is 0 Å². The number of nitrogens with one attached hydrogen (secondary N) is 1. The van der Waals surface area contributed by atoms with E-state index in [1.54, 1.807) is 0 Å². The molecule has 13 heavy (non-hydrogen) atoms. The maximum atomic E-state index is 4.15. The standard InChI is InChI=1S/C9H11BrN2S/c1-6-3-12-9(13-6)7-2-8(10)5-11-4-7/h2,4-6,9,12H,3H2,1H3. The third kappa shape index (κ3) is 2.24. The summed E-state index contributed by atoms with van der Waals surface area (Å²) in [4.78, 5) is 4.15. The summed E-state index contributed by atoms with van der Waals surface area (Å²) in [6, 6.07) is 2.12. The van der Waals surface area contributed by atoms with E-state index in [2.05, 4.69) is 39.2 Å². The highest BCUT2D eigenvalue weighted by Crippen LogP contribution is 2.34. The number of rotatable bonds is 1. The van der Waals surface area contributed by atoms with Crippen molar-refractivity contribution >= 4 is 27.7 Å². The highest BCUT2D eigenvalue weighted by molar-refractivity contribution is 9.10. The lowest BCUT2D eigenvalue weighted by Crippen LogP contribution is -2.13. The summed E-state index contributed by atoms with van der Waals surface area (Å²) in [5.74, 6) is 0. The van der Waals surface area contributed by atoms with Crippen LogP contribution in [0.2, 0.25) is 0 Å². The fraction of sp³-hybridized carbons (Fsp3) is 0.444. The van der Waals surface area contributed by atoms with Crippen molar-refractivity contribution in [2.45, 2.75) is 17.5 Å². The van der Waals surface area contributed by atoms with Gasteiger partial charge in [-0.2, -0.15) is 0 Å². The third-order valence-electron chi connectivity index (χ3n) is 1.99. The van der Waals surface area contributed by atoms with Gasteiger partial charge in [0.15, 0.2) is 0 Å². The van der Waals surface area contributed by atoms with E-state index in [0.29, 0.717) is 10.6 Å². The molecule has 1 N–H and O–H groups in total. The molecule has 4 heteroatoms. The predicted octanol–water partition coefficient (Wildman–Crippen LogP) is 2.57. The van der Waals surface area contributed by atoms with Gasteiger partial charge in [-0.3, -0.25) is 4.98 Å². The van der Waals surface area contributed by atoms with Crippen molar-refractivity contribution in [2.75, 3.05) is 6.54 Å². The number of halogens is 1. The maximum absolute atomic E-state index is 4.15. The summed E-state index contributed by atoms with van der Waals surface area (Å²) in [7, 11) is 0. The van der Waals surface area contributed by atoms with E-state index < -0.39 is 0 Å². The van der Waals surface area contributed by atoms with Crippen molar-refractivity contribution in [1.29, 1.82) is 0 Å². The minimum atomic E-state index is 0.417. The normalized spacial score (nSPS) is 27.8. The molecule has 0 aromatic carbocycles. The minimum absolute atomic E-state index is 0.417. The molecule has 0 saturated carbocycles. The molecule has 1 fully saturated rings. The van der Waals surface area contributed by atoms with Crippen LogP contribution in [0.15, 0.2) is 22.9 Å². The molecule has 2 nitrogen and oxygen atoms in total. The van der Waals surface area contributed by atoms with Crippen molar-refractivity contribution in [2.24, 2.45) is 0 Å². The summed E-state index contributed by atoms with van der Waals surface area (Å²) in [5.41, 5.74) is 1.25. The van der Waals surface area contributed by atoms with Gasteiger partial charge in [-0.25, -0.2) is 0 Å². The van der Waals surface area contributed by atoms with Crippen LogP contribution in [0, 0.1) is 0 Å². The smallest absolute Gasteiger partial charge is 0.0808 e. The van der Waals surface area contributed by atoms with Crippen molar-refractivity contribution in [3.8, 4) is 0 Å². The van der Waals surface area contributed by atoms with Crippen LogP contribution >= 0.6 is 27.7 Å². The summed E-state index contributed by atoms with van der Waals surface area (Å²) in [6.07, 6.45) is 3.74. The fourth-order valence-corrected chi connectivity index (χ4v) is 2.89. The summed E-state index contributed by atoms with van der Waals surface area (Å²) in [6.45, 7) is 3.32. The lowest BCUT2D eigenvalue weighted by Gasteiger charge is -2.09. The zero-order valence-electron chi connectivity index (χ0n) is 7.33. The molecule has 1 aromatic heterocycles. The Morgan fingerprint density at radius 3 is 3.08 bits per heavy atom. The molecule has 2 atom stereocenters. The van der Waals surface area contributed by atoms with Crippen LogP contribution in [0.3, 0.4) is 0 Å². The van der Waals surface area contributed by atoms with Gasteiger partial charge in [-0.05, 0) is 27.6 Å². The van der Waals surface area contributed by atoms with Crippen LogP contribution in [0.25, 0.3) is 0 Å². The van der Waals surface area contributed by atoms with Crippen LogP contribution in [0.4, 0.5) is 0 Å². The average molecular weight is 259 g/mol. The largest absolute Gasteiger partial charge is 0.300 e. The van der Waals surface area contributed by atoms with E-state index in [9.17, 15) is 0 Å². The Kier molecular flexibility index (Phi) is 2.91. The molecule has 0 bridgehead atoms. The highest BCUT2D eigenvalue weighted by Gasteiger charge is 2.22. The molecular formula is C9H11BrN2S. The van der Waals surface area contributed by atoms with Crippen LogP contribution in [0.1, 0.15) is 17.9 Å². The number of pyridine rings is 1. The molecule has 0 amide bonds. The first-order valence-electron chi connectivity index (χ1n) is 4.25. The molecule has 1 aliphatic heterocycles. The van der Waals surface area contributed by atoms with E-state index >= 15 is 0 Å². The molecule has 0 spiro atoms. The molecule has 1 aromatic rings. The summed E-state index contributed by atoms with van der Waals surface area (Å²) < 4.78 is 1.05. The van der Waals surface area contributed by atoms with E-state index in [0.717, 1.165) is 11.0 Å². The quantitative estimate of drug-likeness (QED) is 0.839. The number of nitrogens with zero attached hydrogens (tertiary/aromatic N) is 1. The first-order valence-corrected chi connectivity index (χ1v) is 5.98. The Labute approximate surface area is 90.6 Å². The second-order valence-corrected chi connectivity index (χ2v) is 5.64. The molecule has 0 radical (unpaired) electrons. The van der Waals surface area contributed by atoms with Gasteiger partial charge in [-0.1, -0.05) is 6.92 Å². The first kappa shape index (κ1) is 9.49. The zero-order chi connectivity index (χ0) is 9.26. The summed E-state index contributed by atoms with van der Waals surface area (Å²) >= 11 is 5.38. The topological polar surface area (TPSA) is 24.9 Å². The Bertz CT molecular complexity index is 305. The lowest BCUT2D eigenvalue weighted by molar-refractivity contribution is 0.715. The first-order chi connectivity index (χ1) is 6.25. The monoisotopic (exact) mass is 258 g/mol. The average Bonchev–Trinajstić information content (AvgIpc) is 2.52. The van der Waals surface area contributed by atoms with Crippen LogP contribution in [-0.2, 0) is 0 Å². The molecule has 1 saturated heterocycles. The van der Waals surface area contributed by atoms with Crippen LogP contribution < -0.4 is 5.32 Å². The van der Waals surface area contributed by atoms with E-state index in [1.165, 1.54) is 5.56 Å². The lowest BCUT2D eigenvalue weighted by atomic mass is 10.3. The highest BCUT2D eigenvalue weighted by atomic mass is 79.9. The molecule has 0 aliphatic carbocycles.